The maximum absolute atomic E-state index is 13.7. The Bertz CT molecular complexity index is 767. The van der Waals surface area contributed by atoms with Crippen molar-refractivity contribution in [1.29, 1.82) is 0 Å². The molecule has 0 saturated carbocycles. The Kier molecular flexibility index (Phi) is 2.72. The molecule has 106 valence electrons. The van der Waals surface area contributed by atoms with E-state index >= 15 is 0 Å². The third-order valence-corrected chi connectivity index (χ3v) is 3.41. The minimum Gasteiger partial charge on any atom is -0.269 e. The van der Waals surface area contributed by atoms with Crippen molar-refractivity contribution in [3.05, 3.63) is 41.4 Å². The van der Waals surface area contributed by atoms with Gasteiger partial charge in [0.15, 0.2) is 0 Å². The number of rotatable bonds is 1. The average Bonchev–Trinajstić information content (AvgIpc) is 2.70. The molecule has 3 rings (SSSR count). The minimum absolute atomic E-state index is 0.321. The molecule has 1 aromatic carbocycles. The summed E-state index contributed by atoms with van der Waals surface area (Å²) in [6, 6.07) is 5.14. The van der Waals surface area contributed by atoms with E-state index in [4.69, 9.17) is 0 Å². The van der Waals surface area contributed by atoms with Crippen molar-refractivity contribution in [2.75, 3.05) is 4.90 Å². The van der Waals surface area contributed by atoms with Gasteiger partial charge in [0.1, 0.15) is 0 Å². The summed E-state index contributed by atoms with van der Waals surface area (Å²) in [5.41, 5.74) is 2.35. The SMILES string of the molecule is Cc1ccc(N2C(=O)C=C(F)N3C(=O)C(=O)N=C32)cc1C. The van der Waals surface area contributed by atoms with Gasteiger partial charge < -0.3 is 0 Å². The second-order valence-corrected chi connectivity index (χ2v) is 4.77. The Labute approximate surface area is 119 Å². The molecule has 2 heterocycles. The number of nitrogens with zero attached hydrogens (tertiary/aromatic N) is 3. The average molecular weight is 287 g/mol. The van der Waals surface area contributed by atoms with Crippen molar-refractivity contribution in [2.24, 2.45) is 4.99 Å². The molecule has 0 unspecified atom stereocenters. The monoisotopic (exact) mass is 287 g/mol. The van der Waals surface area contributed by atoms with Gasteiger partial charge in [0.25, 0.3) is 5.91 Å². The van der Waals surface area contributed by atoms with Crippen LogP contribution < -0.4 is 4.90 Å². The number of carbonyl (C=O) groups is 3. The van der Waals surface area contributed by atoms with E-state index in [1.54, 1.807) is 18.2 Å². The first kappa shape index (κ1) is 13.2. The molecule has 2 aliphatic rings. The zero-order valence-electron chi connectivity index (χ0n) is 11.3. The van der Waals surface area contributed by atoms with Crippen LogP contribution in [0.2, 0.25) is 0 Å². The number of carbonyl (C=O) groups excluding carboxylic acids is 3. The molecule has 0 spiro atoms. The Morgan fingerprint density at radius 2 is 1.76 bits per heavy atom. The maximum atomic E-state index is 13.7. The van der Waals surface area contributed by atoms with Gasteiger partial charge in [-0.25, -0.2) is 9.80 Å². The van der Waals surface area contributed by atoms with Crippen LogP contribution in [0.15, 0.2) is 35.2 Å². The summed E-state index contributed by atoms with van der Waals surface area (Å²) in [7, 11) is 0. The van der Waals surface area contributed by atoms with E-state index in [-0.39, 0.29) is 5.96 Å². The number of hydrogen-bond acceptors (Lipinski definition) is 3. The molecule has 0 radical (unpaired) electrons. The maximum Gasteiger partial charge on any atom is 0.339 e. The van der Waals surface area contributed by atoms with Crippen LogP contribution in [0.1, 0.15) is 11.1 Å². The molecule has 0 aliphatic carbocycles. The van der Waals surface area contributed by atoms with E-state index in [2.05, 4.69) is 4.99 Å². The van der Waals surface area contributed by atoms with E-state index in [1.807, 2.05) is 13.8 Å². The van der Waals surface area contributed by atoms with Crippen molar-refractivity contribution in [3.63, 3.8) is 0 Å². The standard InChI is InChI=1S/C14H10FN3O3/c1-7-3-4-9(5-8(7)2)17-11(19)6-10(15)18-13(21)12(20)16-14(17)18/h3-6H,1-2H3. The fourth-order valence-electron chi connectivity index (χ4n) is 2.15. The fraction of sp³-hybridized carbons (Fsp3) is 0.143. The second-order valence-electron chi connectivity index (χ2n) is 4.77. The molecule has 3 amide bonds. The zero-order chi connectivity index (χ0) is 15.3. The summed E-state index contributed by atoms with van der Waals surface area (Å²) >= 11 is 0. The summed E-state index contributed by atoms with van der Waals surface area (Å²) in [6.07, 6.45) is 0.657. The molecule has 0 fully saturated rings. The Morgan fingerprint density at radius 3 is 2.43 bits per heavy atom. The van der Waals surface area contributed by atoms with Crippen LogP contribution in [0.5, 0.6) is 0 Å². The zero-order valence-corrected chi connectivity index (χ0v) is 11.3. The van der Waals surface area contributed by atoms with Crippen molar-refractivity contribution in [3.8, 4) is 0 Å². The molecule has 1 aromatic rings. The lowest BCUT2D eigenvalue weighted by atomic mass is 10.1. The molecule has 21 heavy (non-hydrogen) atoms. The lowest BCUT2D eigenvalue weighted by molar-refractivity contribution is -0.139. The van der Waals surface area contributed by atoms with Gasteiger partial charge in [-0.3, -0.25) is 14.4 Å². The van der Waals surface area contributed by atoms with Gasteiger partial charge in [-0.15, -0.1) is 0 Å². The normalized spacial score (nSPS) is 18.0. The lowest BCUT2D eigenvalue weighted by Gasteiger charge is -2.29. The van der Waals surface area contributed by atoms with Gasteiger partial charge >= 0.3 is 11.8 Å². The number of anilines is 1. The first-order chi connectivity index (χ1) is 9.90. The van der Waals surface area contributed by atoms with Gasteiger partial charge in [0.05, 0.1) is 11.8 Å². The van der Waals surface area contributed by atoms with Crippen molar-refractivity contribution < 1.29 is 18.8 Å². The number of aryl methyl sites for hydroxylation is 2. The molecule has 2 aliphatic heterocycles. The van der Waals surface area contributed by atoms with Crippen LogP contribution in [0.4, 0.5) is 10.1 Å². The summed E-state index contributed by atoms with van der Waals surface area (Å²) in [4.78, 5) is 40.0. The van der Waals surface area contributed by atoms with E-state index in [9.17, 15) is 18.8 Å². The molecular formula is C14H10FN3O3. The molecule has 0 bridgehead atoms. The minimum atomic E-state index is -1.11. The van der Waals surface area contributed by atoms with Gasteiger partial charge in [-0.1, -0.05) is 6.07 Å². The number of amides is 3. The highest BCUT2D eigenvalue weighted by Crippen LogP contribution is 2.28. The van der Waals surface area contributed by atoms with Crippen LogP contribution in [-0.2, 0) is 14.4 Å². The highest BCUT2D eigenvalue weighted by molar-refractivity contribution is 6.47. The van der Waals surface area contributed by atoms with Gasteiger partial charge in [-0.2, -0.15) is 9.38 Å². The van der Waals surface area contributed by atoms with Gasteiger partial charge in [-0.05, 0) is 37.1 Å². The van der Waals surface area contributed by atoms with E-state index in [0.717, 1.165) is 16.0 Å². The topological polar surface area (TPSA) is 70.1 Å². The molecule has 6 nitrogen and oxygen atoms in total. The highest BCUT2D eigenvalue weighted by Gasteiger charge is 2.44. The second kappa shape index (κ2) is 4.34. The Morgan fingerprint density at radius 1 is 1.05 bits per heavy atom. The van der Waals surface area contributed by atoms with E-state index in [1.165, 1.54) is 0 Å². The molecular weight excluding hydrogens is 277 g/mol. The summed E-state index contributed by atoms with van der Waals surface area (Å²) in [6.45, 7) is 3.76. The third kappa shape index (κ3) is 1.85. The quantitative estimate of drug-likeness (QED) is 0.575. The predicted molar refractivity (Wildman–Crippen MR) is 71.9 cm³/mol. The summed E-state index contributed by atoms with van der Waals surface area (Å²) < 4.78 is 13.7. The first-order valence-electron chi connectivity index (χ1n) is 6.16. The molecule has 0 atom stereocenters. The largest absolute Gasteiger partial charge is 0.339 e. The van der Waals surface area contributed by atoms with Crippen molar-refractivity contribution in [2.45, 2.75) is 13.8 Å². The van der Waals surface area contributed by atoms with Crippen LogP contribution in [0.25, 0.3) is 0 Å². The number of hydrogen-bond donors (Lipinski definition) is 0. The predicted octanol–water partition coefficient (Wildman–Crippen LogP) is 1.19. The fourth-order valence-corrected chi connectivity index (χ4v) is 2.15. The molecule has 7 heteroatoms. The highest BCUT2D eigenvalue weighted by atomic mass is 19.1. The Hall–Kier alpha value is -2.83. The van der Waals surface area contributed by atoms with Gasteiger partial charge in [0.2, 0.25) is 11.9 Å². The summed E-state index contributed by atoms with van der Waals surface area (Å²) in [5.74, 6) is -4.33. The molecule has 0 aromatic heterocycles. The number of fused-ring (bicyclic) bond motifs is 1. The number of guanidine groups is 1. The number of aliphatic imine (C=N–C) groups is 1. The number of halogens is 1. The van der Waals surface area contributed by atoms with Crippen LogP contribution >= 0.6 is 0 Å². The lowest BCUT2D eigenvalue weighted by Crippen LogP contribution is -2.49. The number of benzene rings is 1. The van der Waals surface area contributed by atoms with E-state index < -0.39 is 23.7 Å². The van der Waals surface area contributed by atoms with Crippen molar-refractivity contribution >= 4 is 29.4 Å². The molecule has 0 saturated heterocycles. The van der Waals surface area contributed by atoms with Gasteiger partial charge in [0, 0.05) is 0 Å². The van der Waals surface area contributed by atoms with E-state index in [0.29, 0.717) is 16.7 Å². The third-order valence-electron chi connectivity index (χ3n) is 3.41. The van der Waals surface area contributed by atoms with Crippen molar-refractivity contribution in [1.82, 2.24) is 4.90 Å². The van der Waals surface area contributed by atoms with Crippen LogP contribution in [0, 0.1) is 13.8 Å². The smallest absolute Gasteiger partial charge is 0.269 e. The van der Waals surface area contributed by atoms with Crippen LogP contribution in [0.3, 0.4) is 0 Å². The molecule has 0 N–H and O–H groups in total. The Balaban J connectivity index is 2.15. The first-order valence-corrected chi connectivity index (χ1v) is 6.16. The van der Waals surface area contributed by atoms with Crippen LogP contribution in [-0.4, -0.2) is 28.6 Å². The summed E-state index contributed by atoms with van der Waals surface area (Å²) in [5, 5.41) is 0.